The van der Waals surface area contributed by atoms with Gasteiger partial charge in [0.2, 0.25) is 0 Å². The second-order valence-electron chi connectivity index (χ2n) is 7.69. The SMILES string of the molecule is CC1=C(\C=C/C(C)=C/C=C/C(C)=C\C(C)C)C(C)(C)CCC1. The molecular formula is C22H34. The van der Waals surface area contributed by atoms with Gasteiger partial charge in [0.05, 0.1) is 0 Å². The molecule has 0 heterocycles. The maximum absolute atomic E-state index is 2.37. The zero-order valence-electron chi connectivity index (χ0n) is 15.7. The molecule has 0 nitrogen and oxygen atoms in total. The molecule has 0 saturated carbocycles. The molecule has 1 aliphatic carbocycles. The maximum Gasteiger partial charge on any atom is -0.0104 e. The van der Waals surface area contributed by atoms with Gasteiger partial charge in [-0.05, 0) is 56.9 Å². The first-order valence-electron chi connectivity index (χ1n) is 8.64. The molecule has 0 amide bonds. The lowest BCUT2D eigenvalue weighted by Crippen LogP contribution is -2.19. The van der Waals surface area contributed by atoms with Gasteiger partial charge in [-0.25, -0.2) is 0 Å². The van der Waals surface area contributed by atoms with Crippen molar-refractivity contribution in [2.45, 2.75) is 67.7 Å². The van der Waals surface area contributed by atoms with Gasteiger partial charge in [0.15, 0.2) is 0 Å². The predicted molar refractivity (Wildman–Crippen MR) is 101 cm³/mol. The molecule has 0 fully saturated rings. The third kappa shape index (κ3) is 6.22. The van der Waals surface area contributed by atoms with E-state index in [1.165, 1.54) is 36.0 Å². The molecule has 0 unspecified atom stereocenters. The smallest absolute Gasteiger partial charge is 0.0104 e. The Bertz CT molecular complexity index is 516. The van der Waals surface area contributed by atoms with E-state index in [9.17, 15) is 0 Å². The molecule has 0 aromatic rings. The molecule has 1 rings (SSSR count). The van der Waals surface area contributed by atoms with Gasteiger partial charge in [-0.1, -0.05) is 80.9 Å². The summed E-state index contributed by atoms with van der Waals surface area (Å²) in [5, 5.41) is 0. The zero-order chi connectivity index (χ0) is 16.8. The normalized spacial score (nSPS) is 20.7. The van der Waals surface area contributed by atoms with Gasteiger partial charge in [0.1, 0.15) is 0 Å². The zero-order valence-corrected chi connectivity index (χ0v) is 15.7. The number of hydrogen-bond donors (Lipinski definition) is 0. The molecule has 0 spiro atoms. The largest absolute Gasteiger partial charge is 0.0790 e. The Morgan fingerprint density at radius 3 is 2.36 bits per heavy atom. The summed E-state index contributed by atoms with van der Waals surface area (Å²) in [6.07, 6.45) is 17.3. The van der Waals surface area contributed by atoms with Crippen molar-refractivity contribution in [1.29, 1.82) is 0 Å². The van der Waals surface area contributed by atoms with E-state index in [4.69, 9.17) is 0 Å². The summed E-state index contributed by atoms with van der Waals surface area (Å²) >= 11 is 0. The second-order valence-corrected chi connectivity index (χ2v) is 7.69. The van der Waals surface area contributed by atoms with Crippen LogP contribution >= 0.6 is 0 Å². The monoisotopic (exact) mass is 298 g/mol. The molecule has 0 heteroatoms. The molecule has 1 aliphatic rings. The quantitative estimate of drug-likeness (QED) is 0.472. The van der Waals surface area contributed by atoms with Crippen LogP contribution in [0.5, 0.6) is 0 Å². The average molecular weight is 299 g/mol. The lowest BCUT2D eigenvalue weighted by atomic mass is 9.72. The summed E-state index contributed by atoms with van der Waals surface area (Å²) < 4.78 is 0. The van der Waals surface area contributed by atoms with Crippen LogP contribution in [0.1, 0.15) is 67.7 Å². The highest BCUT2D eigenvalue weighted by molar-refractivity contribution is 5.37. The molecule has 0 bridgehead atoms. The third-order valence-corrected chi connectivity index (χ3v) is 4.37. The lowest BCUT2D eigenvalue weighted by Gasteiger charge is -2.32. The summed E-state index contributed by atoms with van der Waals surface area (Å²) in [4.78, 5) is 0. The maximum atomic E-state index is 2.37. The summed E-state index contributed by atoms with van der Waals surface area (Å²) in [5.74, 6) is 0.609. The van der Waals surface area contributed by atoms with Gasteiger partial charge >= 0.3 is 0 Å². The van der Waals surface area contributed by atoms with Crippen molar-refractivity contribution in [2.75, 3.05) is 0 Å². The van der Waals surface area contributed by atoms with Crippen LogP contribution in [-0.2, 0) is 0 Å². The van der Waals surface area contributed by atoms with Crippen LogP contribution in [0.3, 0.4) is 0 Å². The van der Waals surface area contributed by atoms with Crippen LogP contribution in [0.2, 0.25) is 0 Å². The van der Waals surface area contributed by atoms with Crippen molar-refractivity contribution in [3.05, 3.63) is 58.7 Å². The first-order valence-corrected chi connectivity index (χ1v) is 8.64. The van der Waals surface area contributed by atoms with Crippen LogP contribution in [0.25, 0.3) is 0 Å². The molecule has 0 aromatic heterocycles. The molecule has 0 radical (unpaired) electrons. The summed E-state index contributed by atoms with van der Waals surface area (Å²) in [6, 6.07) is 0. The number of rotatable bonds is 5. The van der Waals surface area contributed by atoms with E-state index in [1.807, 2.05) is 0 Å². The topological polar surface area (TPSA) is 0 Å². The molecular weight excluding hydrogens is 264 g/mol. The van der Waals surface area contributed by atoms with Crippen molar-refractivity contribution >= 4 is 0 Å². The van der Waals surface area contributed by atoms with Gasteiger partial charge in [-0.3, -0.25) is 0 Å². The number of hydrogen-bond acceptors (Lipinski definition) is 0. The summed E-state index contributed by atoms with van der Waals surface area (Å²) in [5.41, 5.74) is 6.05. The van der Waals surface area contributed by atoms with E-state index in [1.54, 1.807) is 5.57 Å². The van der Waals surface area contributed by atoms with E-state index in [0.29, 0.717) is 11.3 Å². The van der Waals surface area contributed by atoms with Gasteiger partial charge in [0.25, 0.3) is 0 Å². The Morgan fingerprint density at radius 1 is 1.09 bits per heavy atom. The lowest BCUT2D eigenvalue weighted by molar-refractivity contribution is 0.377. The van der Waals surface area contributed by atoms with Crippen LogP contribution in [-0.4, -0.2) is 0 Å². The Hall–Kier alpha value is -1.30. The number of allylic oxidation sites excluding steroid dienone is 10. The highest BCUT2D eigenvalue weighted by Crippen LogP contribution is 2.40. The van der Waals surface area contributed by atoms with E-state index in [2.05, 4.69) is 84.9 Å². The molecule has 0 aliphatic heterocycles. The minimum Gasteiger partial charge on any atom is -0.0790 e. The van der Waals surface area contributed by atoms with Crippen molar-refractivity contribution < 1.29 is 0 Å². The van der Waals surface area contributed by atoms with Gasteiger partial charge < -0.3 is 0 Å². The van der Waals surface area contributed by atoms with Crippen molar-refractivity contribution in [1.82, 2.24) is 0 Å². The van der Waals surface area contributed by atoms with E-state index < -0.39 is 0 Å². The van der Waals surface area contributed by atoms with Crippen LogP contribution in [0.15, 0.2) is 58.7 Å². The highest BCUT2D eigenvalue weighted by atomic mass is 14.3. The Balaban J connectivity index is 2.77. The summed E-state index contributed by atoms with van der Waals surface area (Å²) in [6.45, 7) is 15.8. The molecule has 0 atom stereocenters. The predicted octanol–water partition coefficient (Wildman–Crippen LogP) is 7.17. The molecule has 0 aromatic carbocycles. The minimum atomic E-state index is 0.325. The fourth-order valence-electron chi connectivity index (χ4n) is 3.21. The summed E-state index contributed by atoms with van der Waals surface area (Å²) in [7, 11) is 0. The molecule has 0 saturated heterocycles. The fraction of sp³-hybridized carbons (Fsp3) is 0.545. The first-order chi connectivity index (χ1) is 10.2. The van der Waals surface area contributed by atoms with Gasteiger partial charge in [-0.2, -0.15) is 0 Å². The standard InChI is InChI=1S/C22H34/c1-17(2)16-19(4)11-8-10-18(3)13-14-21-20(5)12-9-15-22(21,6)7/h8,10-11,13-14,16-17H,9,12,15H2,1-7H3/b11-8+,14-13-,18-10+,19-16-. The molecule has 22 heavy (non-hydrogen) atoms. The molecule has 122 valence electrons. The van der Waals surface area contributed by atoms with Crippen molar-refractivity contribution in [3.8, 4) is 0 Å². The van der Waals surface area contributed by atoms with Crippen molar-refractivity contribution in [3.63, 3.8) is 0 Å². The van der Waals surface area contributed by atoms with Gasteiger partial charge in [0, 0.05) is 0 Å². The van der Waals surface area contributed by atoms with Gasteiger partial charge in [-0.15, -0.1) is 0 Å². The van der Waals surface area contributed by atoms with E-state index >= 15 is 0 Å². The second kappa shape index (κ2) is 8.36. The Morgan fingerprint density at radius 2 is 1.77 bits per heavy atom. The Labute approximate surface area is 138 Å². The average Bonchev–Trinajstić information content (AvgIpc) is 2.36. The minimum absolute atomic E-state index is 0.325. The first kappa shape index (κ1) is 18.7. The van der Waals surface area contributed by atoms with Crippen molar-refractivity contribution in [2.24, 2.45) is 11.3 Å². The molecule has 0 N–H and O–H groups in total. The highest BCUT2D eigenvalue weighted by Gasteiger charge is 2.26. The Kier molecular flexibility index (Phi) is 7.13. The van der Waals surface area contributed by atoms with E-state index in [0.717, 1.165) is 0 Å². The fourth-order valence-corrected chi connectivity index (χ4v) is 3.21. The van der Waals surface area contributed by atoms with Crippen LogP contribution < -0.4 is 0 Å². The van der Waals surface area contributed by atoms with Crippen LogP contribution in [0, 0.1) is 11.3 Å². The third-order valence-electron chi connectivity index (χ3n) is 4.37. The van der Waals surface area contributed by atoms with Crippen LogP contribution in [0.4, 0.5) is 0 Å². The van der Waals surface area contributed by atoms with E-state index in [-0.39, 0.29) is 0 Å².